The number of ether oxygens (including phenoxy) is 4. The minimum Gasteiger partial charge on any atom is -0.457 e. The molecule has 0 bridgehead atoms. The summed E-state index contributed by atoms with van der Waals surface area (Å²) in [5.41, 5.74) is 0.363. The minimum absolute atomic E-state index is 0.0901. The Kier molecular flexibility index (Phi) is 9.12. The smallest absolute Gasteiger partial charge is 0.333 e. The molecule has 0 saturated heterocycles. The number of esters is 1. The van der Waals surface area contributed by atoms with E-state index >= 15 is 0 Å². The minimum atomic E-state index is -0.465. The summed E-state index contributed by atoms with van der Waals surface area (Å²) in [4.78, 5) is 11.3. The fourth-order valence-corrected chi connectivity index (χ4v) is 1.29. The number of carbonyl (C=O) groups is 1. The highest BCUT2D eigenvalue weighted by molar-refractivity contribution is 5.87. The second-order valence-corrected chi connectivity index (χ2v) is 4.68. The Labute approximate surface area is 121 Å². The van der Waals surface area contributed by atoms with Gasteiger partial charge in [0.2, 0.25) is 0 Å². The number of hydrogen-bond donors (Lipinski definition) is 0. The molecule has 4 unspecified atom stereocenters. The first-order valence-electron chi connectivity index (χ1n) is 6.67. The highest BCUT2D eigenvalue weighted by atomic mass is 16.8. The quantitative estimate of drug-likeness (QED) is 0.267. The first-order valence-corrected chi connectivity index (χ1v) is 6.67. The van der Waals surface area contributed by atoms with Crippen LogP contribution in [0.15, 0.2) is 24.8 Å². The molecular weight excluding hydrogens is 260 g/mol. The molecule has 116 valence electrons. The van der Waals surface area contributed by atoms with Crippen LogP contribution in [0.5, 0.6) is 0 Å². The van der Waals surface area contributed by atoms with Gasteiger partial charge >= 0.3 is 5.97 Å². The first kappa shape index (κ1) is 18.8. The molecule has 0 fully saturated rings. The van der Waals surface area contributed by atoms with Crippen LogP contribution in [0.2, 0.25) is 0 Å². The van der Waals surface area contributed by atoms with E-state index in [0.29, 0.717) is 5.57 Å². The Balaban J connectivity index is 3.92. The summed E-state index contributed by atoms with van der Waals surface area (Å²) in [6.45, 7) is 16.1. The monoisotopic (exact) mass is 286 g/mol. The Morgan fingerprint density at radius 2 is 1.75 bits per heavy atom. The molecule has 0 aromatic carbocycles. The Morgan fingerprint density at radius 3 is 2.25 bits per heavy atom. The van der Waals surface area contributed by atoms with Crippen molar-refractivity contribution in [3.05, 3.63) is 24.8 Å². The van der Waals surface area contributed by atoms with E-state index in [1.54, 1.807) is 33.8 Å². The average Bonchev–Trinajstić information content (AvgIpc) is 2.35. The molecule has 0 amide bonds. The number of carbonyl (C=O) groups excluding carboxylic acids is 1. The summed E-state index contributed by atoms with van der Waals surface area (Å²) in [6, 6.07) is 0. The van der Waals surface area contributed by atoms with Crippen LogP contribution in [0.25, 0.3) is 0 Å². The largest absolute Gasteiger partial charge is 0.457 e. The molecule has 20 heavy (non-hydrogen) atoms. The zero-order valence-corrected chi connectivity index (χ0v) is 13.0. The van der Waals surface area contributed by atoms with Crippen LogP contribution < -0.4 is 0 Å². The van der Waals surface area contributed by atoms with Gasteiger partial charge in [-0.1, -0.05) is 12.7 Å². The molecule has 0 radical (unpaired) electrons. The van der Waals surface area contributed by atoms with Gasteiger partial charge in [0.05, 0.1) is 12.7 Å². The molecule has 0 N–H and O–H groups in total. The van der Waals surface area contributed by atoms with Gasteiger partial charge in [-0.05, 0) is 34.6 Å². The molecule has 5 nitrogen and oxygen atoms in total. The van der Waals surface area contributed by atoms with E-state index in [4.69, 9.17) is 18.9 Å². The SMILES string of the molecule is C=CC(C)OC(C)OC(C)OCC(C)OC(=O)C(=C)C. The maximum atomic E-state index is 11.3. The van der Waals surface area contributed by atoms with Crippen molar-refractivity contribution in [1.82, 2.24) is 0 Å². The van der Waals surface area contributed by atoms with E-state index < -0.39 is 18.5 Å². The van der Waals surface area contributed by atoms with Gasteiger partial charge in [0.25, 0.3) is 0 Å². The van der Waals surface area contributed by atoms with Crippen LogP contribution >= 0.6 is 0 Å². The van der Waals surface area contributed by atoms with Crippen molar-refractivity contribution in [3.8, 4) is 0 Å². The highest BCUT2D eigenvalue weighted by Gasteiger charge is 2.15. The average molecular weight is 286 g/mol. The fourth-order valence-electron chi connectivity index (χ4n) is 1.29. The van der Waals surface area contributed by atoms with Crippen LogP contribution in [0.1, 0.15) is 34.6 Å². The lowest BCUT2D eigenvalue weighted by atomic mass is 10.3. The van der Waals surface area contributed by atoms with Crippen molar-refractivity contribution in [2.75, 3.05) is 6.61 Å². The number of rotatable bonds is 10. The standard InChI is InChI=1S/C15H26O5/c1-8-11(4)18-14(7)20-13(6)17-9-12(5)19-15(16)10(2)3/h8,11-14H,1-2,9H2,3-7H3. The van der Waals surface area contributed by atoms with E-state index in [2.05, 4.69) is 13.2 Å². The van der Waals surface area contributed by atoms with Crippen LogP contribution in [0.4, 0.5) is 0 Å². The lowest BCUT2D eigenvalue weighted by molar-refractivity contribution is -0.243. The fraction of sp³-hybridized carbons (Fsp3) is 0.667. The van der Waals surface area contributed by atoms with E-state index in [-0.39, 0.29) is 18.8 Å². The van der Waals surface area contributed by atoms with Crippen molar-refractivity contribution in [2.24, 2.45) is 0 Å². The van der Waals surface area contributed by atoms with Gasteiger partial charge in [0.15, 0.2) is 12.6 Å². The summed E-state index contributed by atoms with van der Waals surface area (Å²) in [5.74, 6) is -0.425. The summed E-state index contributed by atoms with van der Waals surface area (Å²) >= 11 is 0. The third-order valence-electron chi connectivity index (χ3n) is 2.34. The molecule has 0 spiro atoms. The molecule has 0 aliphatic heterocycles. The predicted octanol–water partition coefficient (Wildman–Crippen LogP) is 2.81. The topological polar surface area (TPSA) is 54.0 Å². The lowest BCUT2D eigenvalue weighted by Gasteiger charge is -2.23. The molecule has 5 heteroatoms. The predicted molar refractivity (Wildman–Crippen MR) is 77.1 cm³/mol. The van der Waals surface area contributed by atoms with Crippen LogP contribution in [0.3, 0.4) is 0 Å². The van der Waals surface area contributed by atoms with E-state index in [1.807, 2.05) is 6.92 Å². The van der Waals surface area contributed by atoms with Crippen molar-refractivity contribution >= 4 is 5.97 Å². The van der Waals surface area contributed by atoms with Crippen LogP contribution in [-0.4, -0.2) is 37.4 Å². The maximum absolute atomic E-state index is 11.3. The van der Waals surface area contributed by atoms with Gasteiger partial charge in [-0.2, -0.15) is 0 Å². The van der Waals surface area contributed by atoms with Gasteiger partial charge in [-0.25, -0.2) is 4.79 Å². The molecule has 0 aliphatic carbocycles. The zero-order chi connectivity index (χ0) is 15.7. The van der Waals surface area contributed by atoms with Gasteiger partial charge in [-0.3, -0.25) is 0 Å². The van der Waals surface area contributed by atoms with Crippen molar-refractivity contribution in [2.45, 2.75) is 59.4 Å². The summed E-state index contributed by atoms with van der Waals surface area (Å²) in [5, 5.41) is 0. The lowest BCUT2D eigenvalue weighted by Crippen LogP contribution is -2.28. The second-order valence-electron chi connectivity index (χ2n) is 4.68. The first-order chi connectivity index (χ1) is 9.26. The molecule has 0 aromatic heterocycles. The molecule has 0 rings (SSSR count). The van der Waals surface area contributed by atoms with E-state index in [0.717, 1.165) is 0 Å². The van der Waals surface area contributed by atoms with E-state index in [1.165, 1.54) is 0 Å². The maximum Gasteiger partial charge on any atom is 0.333 e. The van der Waals surface area contributed by atoms with Gasteiger partial charge in [0.1, 0.15) is 6.10 Å². The van der Waals surface area contributed by atoms with E-state index in [9.17, 15) is 4.79 Å². The summed E-state index contributed by atoms with van der Waals surface area (Å²) < 4.78 is 21.5. The zero-order valence-electron chi connectivity index (χ0n) is 13.0. The van der Waals surface area contributed by atoms with Gasteiger partial charge in [-0.15, -0.1) is 6.58 Å². The van der Waals surface area contributed by atoms with Crippen LogP contribution in [-0.2, 0) is 23.7 Å². The summed E-state index contributed by atoms with van der Waals surface area (Å²) in [7, 11) is 0. The van der Waals surface area contributed by atoms with Crippen molar-refractivity contribution in [3.63, 3.8) is 0 Å². The summed E-state index contributed by atoms with van der Waals surface area (Å²) in [6.07, 6.45) is 0.352. The Bertz CT molecular complexity index is 326. The molecule has 4 atom stereocenters. The highest BCUT2D eigenvalue weighted by Crippen LogP contribution is 2.07. The molecular formula is C15H26O5. The normalized spacial score (nSPS) is 16.9. The molecule has 0 aliphatic rings. The molecule has 0 saturated carbocycles. The van der Waals surface area contributed by atoms with Crippen molar-refractivity contribution in [1.29, 1.82) is 0 Å². The number of hydrogen-bond acceptors (Lipinski definition) is 5. The third kappa shape index (κ3) is 8.85. The third-order valence-corrected chi connectivity index (χ3v) is 2.34. The Morgan fingerprint density at radius 1 is 1.15 bits per heavy atom. The van der Waals surface area contributed by atoms with Crippen molar-refractivity contribution < 1.29 is 23.7 Å². The Hall–Kier alpha value is -1.17. The molecule has 0 heterocycles. The molecule has 0 aromatic rings. The second kappa shape index (κ2) is 9.69. The van der Waals surface area contributed by atoms with Gasteiger partial charge in [0, 0.05) is 5.57 Å². The van der Waals surface area contributed by atoms with Gasteiger partial charge < -0.3 is 18.9 Å². The van der Waals surface area contributed by atoms with Crippen LogP contribution in [0, 0.1) is 0 Å².